The van der Waals surface area contributed by atoms with Crippen molar-refractivity contribution >= 4 is 17.4 Å². The van der Waals surface area contributed by atoms with Crippen LogP contribution in [0, 0.1) is 6.92 Å². The summed E-state index contributed by atoms with van der Waals surface area (Å²) in [6.45, 7) is 3.21. The maximum Gasteiger partial charge on any atom is 0.278 e. The molecule has 1 heterocycles. The number of ketones is 1. The van der Waals surface area contributed by atoms with E-state index in [1.54, 1.807) is 31.2 Å². The van der Waals surface area contributed by atoms with E-state index in [0.29, 0.717) is 16.8 Å². The lowest BCUT2D eigenvalue weighted by Gasteiger charge is -2.04. The van der Waals surface area contributed by atoms with E-state index in [0.717, 1.165) is 0 Å². The first-order chi connectivity index (χ1) is 8.58. The number of nitrogens with zero attached hydrogens (tertiary/aromatic N) is 1. The molecule has 1 amide bonds. The first-order valence-electron chi connectivity index (χ1n) is 5.41. The van der Waals surface area contributed by atoms with Crippen molar-refractivity contribution in [3.8, 4) is 0 Å². The van der Waals surface area contributed by atoms with E-state index in [4.69, 9.17) is 4.52 Å². The summed E-state index contributed by atoms with van der Waals surface area (Å²) in [4.78, 5) is 23.1. The summed E-state index contributed by atoms with van der Waals surface area (Å²) < 4.78 is 4.70. The normalized spacial score (nSPS) is 10.1. The SMILES string of the molecule is CC(=O)c1cccc(NC(=O)c2nocc2C)c1. The van der Waals surface area contributed by atoms with Crippen LogP contribution in [0.2, 0.25) is 0 Å². The second kappa shape index (κ2) is 4.83. The second-order valence-corrected chi connectivity index (χ2v) is 3.94. The van der Waals surface area contributed by atoms with Crippen LogP contribution in [0.15, 0.2) is 35.1 Å². The van der Waals surface area contributed by atoms with Crippen LogP contribution in [0.5, 0.6) is 0 Å². The van der Waals surface area contributed by atoms with Gasteiger partial charge in [-0.3, -0.25) is 9.59 Å². The molecule has 0 spiro atoms. The highest BCUT2D eigenvalue weighted by Gasteiger charge is 2.13. The summed E-state index contributed by atoms with van der Waals surface area (Å²) in [5.41, 5.74) is 2.00. The highest BCUT2D eigenvalue weighted by atomic mass is 16.5. The molecule has 2 rings (SSSR count). The molecule has 5 nitrogen and oxygen atoms in total. The molecule has 0 radical (unpaired) electrons. The van der Waals surface area contributed by atoms with Gasteiger partial charge in [-0.2, -0.15) is 0 Å². The quantitative estimate of drug-likeness (QED) is 0.841. The van der Waals surface area contributed by atoms with E-state index in [9.17, 15) is 9.59 Å². The fraction of sp³-hybridized carbons (Fsp3) is 0.154. The van der Waals surface area contributed by atoms with Crippen LogP contribution in [0.1, 0.15) is 33.3 Å². The van der Waals surface area contributed by atoms with E-state index in [1.807, 2.05) is 0 Å². The van der Waals surface area contributed by atoms with Crippen LogP contribution < -0.4 is 5.32 Å². The number of hydrogen-bond acceptors (Lipinski definition) is 4. The summed E-state index contributed by atoms with van der Waals surface area (Å²) in [5, 5.41) is 6.28. The Bertz CT molecular complexity index is 602. The number of carbonyl (C=O) groups is 2. The van der Waals surface area contributed by atoms with Gasteiger partial charge in [0, 0.05) is 16.8 Å². The smallest absolute Gasteiger partial charge is 0.278 e. The van der Waals surface area contributed by atoms with Gasteiger partial charge in [0.1, 0.15) is 6.26 Å². The highest BCUT2D eigenvalue weighted by Crippen LogP contribution is 2.13. The van der Waals surface area contributed by atoms with Crippen LogP contribution in [-0.4, -0.2) is 16.8 Å². The molecule has 0 unspecified atom stereocenters. The fourth-order valence-corrected chi connectivity index (χ4v) is 1.51. The Kier molecular flexibility index (Phi) is 3.23. The maximum absolute atomic E-state index is 11.9. The number of carbonyl (C=O) groups excluding carboxylic acids is 2. The molecule has 92 valence electrons. The van der Waals surface area contributed by atoms with Crippen molar-refractivity contribution in [1.82, 2.24) is 5.16 Å². The summed E-state index contributed by atoms with van der Waals surface area (Å²) >= 11 is 0. The maximum atomic E-state index is 11.9. The number of nitrogens with one attached hydrogen (secondary N) is 1. The summed E-state index contributed by atoms with van der Waals surface area (Å²) in [6.07, 6.45) is 1.40. The van der Waals surface area contributed by atoms with E-state index in [2.05, 4.69) is 10.5 Å². The van der Waals surface area contributed by atoms with Gasteiger partial charge < -0.3 is 9.84 Å². The van der Waals surface area contributed by atoms with Gasteiger partial charge in [0.2, 0.25) is 0 Å². The van der Waals surface area contributed by atoms with Gasteiger partial charge in [0.15, 0.2) is 11.5 Å². The number of benzene rings is 1. The zero-order valence-electron chi connectivity index (χ0n) is 10.1. The average Bonchev–Trinajstić information content (AvgIpc) is 2.76. The van der Waals surface area contributed by atoms with E-state index >= 15 is 0 Å². The minimum Gasteiger partial charge on any atom is -0.364 e. The van der Waals surface area contributed by atoms with Gasteiger partial charge >= 0.3 is 0 Å². The molecular weight excluding hydrogens is 232 g/mol. The average molecular weight is 244 g/mol. The highest BCUT2D eigenvalue weighted by molar-refractivity contribution is 6.04. The molecule has 0 saturated heterocycles. The number of anilines is 1. The fourth-order valence-electron chi connectivity index (χ4n) is 1.51. The third kappa shape index (κ3) is 2.45. The standard InChI is InChI=1S/C13H12N2O3/c1-8-7-18-15-12(8)13(17)14-11-5-3-4-10(6-11)9(2)16/h3-7H,1-2H3,(H,14,17). The van der Waals surface area contributed by atoms with Gasteiger partial charge in [-0.1, -0.05) is 17.3 Å². The molecule has 1 N–H and O–H groups in total. The Hall–Kier alpha value is -2.43. The van der Waals surface area contributed by atoms with Crippen molar-refractivity contribution in [3.63, 3.8) is 0 Å². The first-order valence-corrected chi connectivity index (χ1v) is 5.41. The summed E-state index contributed by atoms with van der Waals surface area (Å²) in [6, 6.07) is 6.73. The number of hydrogen-bond donors (Lipinski definition) is 1. The minimum atomic E-state index is -0.359. The molecule has 0 saturated carbocycles. The van der Waals surface area contributed by atoms with Crippen LogP contribution in [0.3, 0.4) is 0 Å². The zero-order valence-corrected chi connectivity index (χ0v) is 10.1. The van der Waals surface area contributed by atoms with Crippen molar-refractivity contribution in [2.24, 2.45) is 0 Å². The first kappa shape index (κ1) is 12.0. The number of aromatic nitrogens is 1. The number of aryl methyl sites for hydroxylation is 1. The Morgan fingerprint density at radius 1 is 1.33 bits per heavy atom. The lowest BCUT2D eigenvalue weighted by Crippen LogP contribution is -2.13. The number of rotatable bonds is 3. The number of Topliss-reactive ketones (excluding diaryl/α,β-unsaturated/α-hetero) is 1. The molecular formula is C13H12N2O3. The van der Waals surface area contributed by atoms with Crippen molar-refractivity contribution in [2.45, 2.75) is 13.8 Å². The molecule has 1 aromatic heterocycles. The van der Waals surface area contributed by atoms with Gasteiger partial charge in [-0.15, -0.1) is 0 Å². The molecule has 5 heteroatoms. The molecule has 18 heavy (non-hydrogen) atoms. The van der Waals surface area contributed by atoms with Crippen LogP contribution >= 0.6 is 0 Å². The number of amides is 1. The van der Waals surface area contributed by atoms with Crippen molar-refractivity contribution in [3.05, 3.63) is 47.3 Å². The summed E-state index contributed by atoms with van der Waals surface area (Å²) in [7, 11) is 0. The topological polar surface area (TPSA) is 72.2 Å². The van der Waals surface area contributed by atoms with Crippen LogP contribution in [0.25, 0.3) is 0 Å². The zero-order chi connectivity index (χ0) is 13.1. The van der Waals surface area contributed by atoms with E-state index < -0.39 is 0 Å². The van der Waals surface area contributed by atoms with Gasteiger partial charge in [-0.05, 0) is 26.0 Å². The summed E-state index contributed by atoms with van der Waals surface area (Å²) in [5.74, 6) is -0.411. The van der Waals surface area contributed by atoms with Crippen LogP contribution in [0.4, 0.5) is 5.69 Å². The van der Waals surface area contributed by atoms with E-state index in [-0.39, 0.29) is 17.4 Å². The van der Waals surface area contributed by atoms with Crippen LogP contribution in [-0.2, 0) is 0 Å². The molecule has 1 aromatic carbocycles. The third-order valence-corrected chi connectivity index (χ3v) is 2.49. The molecule has 0 aliphatic carbocycles. The monoisotopic (exact) mass is 244 g/mol. The molecule has 0 aliphatic rings. The van der Waals surface area contributed by atoms with E-state index in [1.165, 1.54) is 13.2 Å². The van der Waals surface area contributed by atoms with Gasteiger partial charge in [-0.25, -0.2) is 0 Å². The predicted molar refractivity (Wildman–Crippen MR) is 65.6 cm³/mol. The largest absolute Gasteiger partial charge is 0.364 e. The van der Waals surface area contributed by atoms with Gasteiger partial charge in [0.05, 0.1) is 0 Å². The Balaban J connectivity index is 2.20. The molecule has 0 atom stereocenters. The second-order valence-electron chi connectivity index (χ2n) is 3.94. The lowest BCUT2D eigenvalue weighted by atomic mass is 10.1. The van der Waals surface area contributed by atoms with Crippen molar-refractivity contribution < 1.29 is 14.1 Å². The molecule has 0 fully saturated rings. The van der Waals surface area contributed by atoms with Crippen molar-refractivity contribution in [2.75, 3.05) is 5.32 Å². The molecule has 2 aromatic rings. The Morgan fingerprint density at radius 2 is 2.11 bits per heavy atom. The Labute approximate surface area is 104 Å². The lowest BCUT2D eigenvalue weighted by molar-refractivity contribution is 0.100. The molecule has 0 bridgehead atoms. The predicted octanol–water partition coefficient (Wildman–Crippen LogP) is 2.44. The molecule has 0 aliphatic heterocycles. The minimum absolute atomic E-state index is 0.0521. The third-order valence-electron chi connectivity index (χ3n) is 2.49. The Morgan fingerprint density at radius 3 is 2.72 bits per heavy atom. The van der Waals surface area contributed by atoms with Gasteiger partial charge in [0.25, 0.3) is 5.91 Å². The van der Waals surface area contributed by atoms with Crippen molar-refractivity contribution in [1.29, 1.82) is 0 Å².